The summed E-state index contributed by atoms with van der Waals surface area (Å²) in [6, 6.07) is 0. The number of carbonyl (C=O) groups excluding carboxylic acids is 3. The summed E-state index contributed by atoms with van der Waals surface area (Å²) in [5.74, 6) is 0.416. The Bertz CT molecular complexity index is 740. The fourth-order valence-electron chi connectivity index (χ4n) is 4.23. The van der Waals surface area contributed by atoms with E-state index in [9.17, 15) is 14.4 Å². The van der Waals surface area contributed by atoms with Crippen molar-refractivity contribution in [3.63, 3.8) is 0 Å². The van der Waals surface area contributed by atoms with Crippen LogP contribution >= 0.6 is 11.3 Å². The van der Waals surface area contributed by atoms with Crippen LogP contribution in [0, 0.1) is 24.7 Å². The quantitative estimate of drug-likeness (QED) is 0.798. The number of amides is 2. The van der Waals surface area contributed by atoms with Crippen molar-refractivity contribution < 1.29 is 19.1 Å². The molecule has 2 aliphatic rings. The second-order valence-electron chi connectivity index (χ2n) is 7.45. The number of nitrogens with zero attached hydrogens (tertiary/aromatic N) is 1. The van der Waals surface area contributed by atoms with Crippen molar-refractivity contribution in [3.05, 3.63) is 16.0 Å². The van der Waals surface area contributed by atoms with E-state index in [0.717, 1.165) is 30.6 Å². The van der Waals surface area contributed by atoms with Crippen LogP contribution < -0.4 is 5.32 Å². The highest BCUT2D eigenvalue weighted by molar-refractivity contribution is 7.18. The van der Waals surface area contributed by atoms with Crippen LogP contribution in [0.1, 0.15) is 58.2 Å². The van der Waals surface area contributed by atoms with Crippen LogP contribution in [0.5, 0.6) is 0 Å². The summed E-state index contributed by atoms with van der Waals surface area (Å²) >= 11 is 1.16. The van der Waals surface area contributed by atoms with Crippen molar-refractivity contribution in [1.82, 2.24) is 4.90 Å². The van der Waals surface area contributed by atoms with Gasteiger partial charge < -0.3 is 15.0 Å². The Morgan fingerprint density at radius 3 is 2.50 bits per heavy atom. The molecule has 0 saturated heterocycles. The van der Waals surface area contributed by atoms with Crippen LogP contribution in [-0.4, -0.2) is 43.4 Å². The fraction of sp³-hybridized carbons (Fsp3) is 0.632. The molecule has 1 aromatic rings. The third-order valence-corrected chi connectivity index (χ3v) is 6.73. The molecule has 2 saturated carbocycles. The molecule has 1 heterocycles. The maximum Gasteiger partial charge on any atom is 0.341 e. The van der Waals surface area contributed by atoms with Crippen LogP contribution in [0.25, 0.3) is 0 Å². The second-order valence-corrected chi connectivity index (χ2v) is 8.47. The van der Waals surface area contributed by atoms with E-state index in [1.54, 1.807) is 27.9 Å². The largest absolute Gasteiger partial charge is 0.462 e. The Morgan fingerprint density at radius 1 is 1.23 bits per heavy atom. The first-order valence-corrected chi connectivity index (χ1v) is 9.98. The molecule has 2 amide bonds. The Labute approximate surface area is 157 Å². The summed E-state index contributed by atoms with van der Waals surface area (Å²) in [5.41, 5.74) is 0.869. The number of fused-ring (bicyclic) bond motifs is 2. The number of rotatable bonds is 5. The third kappa shape index (κ3) is 3.37. The number of anilines is 1. The summed E-state index contributed by atoms with van der Waals surface area (Å²) in [7, 11) is 3.33. The lowest BCUT2D eigenvalue weighted by Gasteiger charge is -2.20. The number of thiophene rings is 1. The van der Waals surface area contributed by atoms with Crippen LogP contribution in [0.3, 0.4) is 0 Å². The first-order chi connectivity index (χ1) is 12.3. The molecule has 2 bridgehead atoms. The Balaban J connectivity index is 1.89. The zero-order valence-corrected chi connectivity index (χ0v) is 16.6. The predicted molar refractivity (Wildman–Crippen MR) is 101 cm³/mol. The molecule has 0 aromatic carbocycles. The van der Waals surface area contributed by atoms with E-state index in [0.29, 0.717) is 32.8 Å². The Hall–Kier alpha value is -1.89. The highest BCUT2D eigenvalue weighted by atomic mass is 32.1. The SMILES string of the molecule is CCOC(=O)c1c(NC(=O)[C@H]2C[C@@H]3CC[C@@H]2C3)sc(C(=O)N(C)C)c1C. The normalized spacial score (nSPS) is 23.8. The van der Waals surface area contributed by atoms with Gasteiger partial charge in [0.25, 0.3) is 5.91 Å². The van der Waals surface area contributed by atoms with Crippen molar-refractivity contribution in [2.24, 2.45) is 17.8 Å². The standard InChI is InChI=1S/C19H26N2O4S/c1-5-25-19(24)14-10(2)15(18(23)21(3)4)26-17(14)20-16(22)13-9-11-6-7-12(13)8-11/h11-13H,5-9H2,1-4H3,(H,20,22)/t11-,12-,13+/m1/s1. The highest BCUT2D eigenvalue weighted by Crippen LogP contribution is 2.49. The van der Waals surface area contributed by atoms with Crippen molar-refractivity contribution in [3.8, 4) is 0 Å². The maximum atomic E-state index is 12.8. The average molecular weight is 378 g/mol. The second kappa shape index (κ2) is 7.39. The summed E-state index contributed by atoms with van der Waals surface area (Å²) in [6.07, 6.45) is 4.40. The lowest BCUT2D eigenvalue weighted by molar-refractivity contribution is -0.121. The number of nitrogens with one attached hydrogen (secondary N) is 1. The molecule has 0 spiro atoms. The lowest BCUT2D eigenvalue weighted by Crippen LogP contribution is -2.27. The van der Waals surface area contributed by atoms with Gasteiger partial charge in [-0.15, -0.1) is 11.3 Å². The van der Waals surface area contributed by atoms with Crippen molar-refractivity contribution >= 4 is 34.1 Å². The zero-order chi connectivity index (χ0) is 19.0. The first kappa shape index (κ1) is 18.9. The van der Waals surface area contributed by atoms with E-state index >= 15 is 0 Å². The number of hydrogen-bond donors (Lipinski definition) is 1. The summed E-state index contributed by atoms with van der Waals surface area (Å²) in [4.78, 5) is 39.6. The van der Waals surface area contributed by atoms with E-state index in [-0.39, 0.29) is 24.3 Å². The number of carbonyl (C=O) groups is 3. The highest BCUT2D eigenvalue weighted by Gasteiger charge is 2.43. The number of hydrogen-bond acceptors (Lipinski definition) is 5. The van der Waals surface area contributed by atoms with E-state index in [4.69, 9.17) is 4.74 Å². The molecule has 2 fully saturated rings. The van der Waals surface area contributed by atoms with Gasteiger partial charge >= 0.3 is 5.97 Å². The molecule has 0 aliphatic heterocycles. The molecule has 1 N–H and O–H groups in total. The van der Waals surface area contributed by atoms with Crippen LogP contribution in [0.2, 0.25) is 0 Å². The summed E-state index contributed by atoms with van der Waals surface area (Å²) < 4.78 is 5.15. The molecule has 2 aliphatic carbocycles. The topological polar surface area (TPSA) is 75.7 Å². The number of esters is 1. The van der Waals surface area contributed by atoms with Gasteiger partial charge in [-0.05, 0) is 50.5 Å². The van der Waals surface area contributed by atoms with Gasteiger partial charge in [0.05, 0.1) is 17.0 Å². The monoisotopic (exact) mass is 378 g/mol. The number of ether oxygens (including phenoxy) is 1. The van der Waals surface area contributed by atoms with Gasteiger partial charge in [-0.25, -0.2) is 4.79 Å². The maximum absolute atomic E-state index is 12.8. The molecular formula is C19H26N2O4S. The molecule has 26 heavy (non-hydrogen) atoms. The van der Waals surface area contributed by atoms with Gasteiger partial charge in [0.1, 0.15) is 5.00 Å². The Kier molecular flexibility index (Phi) is 5.37. The average Bonchev–Trinajstić information content (AvgIpc) is 3.28. The Morgan fingerprint density at radius 2 is 1.96 bits per heavy atom. The lowest BCUT2D eigenvalue weighted by atomic mass is 9.88. The van der Waals surface area contributed by atoms with E-state index in [1.807, 2.05) is 0 Å². The summed E-state index contributed by atoms with van der Waals surface area (Å²) in [6.45, 7) is 3.70. The van der Waals surface area contributed by atoms with Crippen LogP contribution in [-0.2, 0) is 9.53 Å². The third-order valence-electron chi connectivity index (χ3n) is 5.54. The van der Waals surface area contributed by atoms with Crippen LogP contribution in [0.4, 0.5) is 5.00 Å². The fourth-order valence-corrected chi connectivity index (χ4v) is 5.45. The molecular weight excluding hydrogens is 352 g/mol. The van der Waals surface area contributed by atoms with Crippen molar-refractivity contribution in [1.29, 1.82) is 0 Å². The molecule has 3 atom stereocenters. The van der Waals surface area contributed by atoms with E-state index < -0.39 is 5.97 Å². The first-order valence-electron chi connectivity index (χ1n) is 9.16. The van der Waals surface area contributed by atoms with Gasteiger partial charge in [-0.3, -0.25) is 9.59 Å². The van der Waals surface area contributed by atoms with E-state index in [2.05, 4.69) is 5.32 Å². The van der Waals surface area contributed by atoms with E-state index in [1.165, 1.54) is 11.3 Å². The zero-order valence-electron chi connectivity index (χ0n) is 15.8. The molecule has 142 valence electrons. The van der Waals surface area contributed by atoms with Crippen LogP contribution in [0.15, 0.2) is 0 Å². The van der Waals surface area contributed by atoms with Gasteiger partial charge in [-0.2, -0.15) is 0 Å². The molecule has 1 aromatic heterocycles. The smallest absolute Gasteiger partial charge is 0.341 e. The minimum Gasteiger partial charge on any atom is -0.462 e. The van der Waals surface area contributed by atoms with Gasteiger partial charge in [0, 0.05) is 20.0 Å². The van der Waals surface area contributed by atoms with Gasteiger partial charge in [0.2, 0.25) is 5.91 Å². The van der Waals surface area contributed by atoms with Gasteiger partial charge in [0.15, 0.2) is 0 Å². The molecule has 0 unspecified atom stereocenters. The predicted octanol–water partition coefficient (Wildman–Crippen LogP) is 3.31. The molecule has 0 radical (unpaired) electrons. The van der Waals surface area contributed by atoms with Crippen molar-refractivity contribution in [2.75, 3.05) is 26.0 Å². The minimum absolute atomic E-state index is 0.0131. The molecule has 7 heteroatoms. The molecule has 3 rings (SSSR count). The minimum atomic E-state index is -0.498. The molecule has 6 nitrogen and oxygen atoms in total. The summed E-state index contributed by atoms with van der Waals surface area (Å²) in [5, 5.41) is 3.37. The van der Waals surface area contributed by atoms with Crippen molar-refractivity contribution in [2.45, 2.75) is 39.5 Å². The van der Waals surface area contributed by atoms with Gasteiger partial charge in [-0.1, -0.05) is 6.42 Å².